The molecule has 4 rings (SSSR count). The maximum Gasteiger partial charge on any atom is 0.287 e. The Bertz CT molecular complexity index is 1120. The van der Waals surface area contributed by atoms with Gasteiger partial charge in [0, 0.05) is 34.6 Å². The van der Waals surface area contributed by atoms with Crippen LogP contribution in [0.5, 0.6) is 11.5 Å². The van der Waals surface area contributed by atoms with Crippen molar-refractivity contribution < 1.29 is 23.8 Å². The summed E-state index contributed by atoms with van der Waals surface area (Å²) in [6, 6.07) is 19.3. The summed E-state index contributed by atoms with van der Waals surface area (Å²) in [7, 11) is 1.52. The average Bonchev–Trinajstić information content (AvgIpc) is 3.14. The molecular weight excluding hydrogens is 429 g/mol. The number of hydrogen-bond donors (Lipinski definition) is 1. The van der Waals surface area contributed by atoms with Gasteiger partial charge in [-0.2, -0.15) is 0 Å². The molecule has 5 nitrogen and oxygen atoms in total. The molecule has 0 spiro atoms. The highest BCUT2D eigenvalue weighted by Crippen LogP contribution is 2.48. The summed E-state index contributed by atoms with van der Waals surface area (Å²) in [6.45, 7) is 0. The molecule has 1 fully saturated rings. The topological polar surface area (TPSA) is 66.8 Å². The van der Waals surface area contributed by atoms with Crippen molar-refractivity contribution in [3.05, 3.63) is 89.7 Å². The minimum Gasteiger partial charge on any atom is -0.507 e. The zero-order chi connectivity index (χ0) is 22.7. The molecule has 0 saturated carbocycles. The molecule has 0 unspecified atom stereocenters. The van der Waals surface area contributed by atoms with Gasteiger partial charge in [-0.3, -0.25) is 14.5 Å². The number of phenols is 1. The van der Waals surface area contributed by atoms with Gasteiger partial charge in [0.1, 0.15) is 17.3 Å². The first-order valence-electron chi connectivity index (χ1n) is 10.2. The molecule has 1 saturated heterocycles. The lowest BCUT2D eigenvalue weighted by atomic mass is 9.95. The van der Waals surface area contributed by atoms with Crippen LogP contribution in [0.4, 0.5) is 14.9 Å². The zero-order valence-electron chi connectivity index (χ0n) is 17.4. The first-order chi connectivity index (χ1) is 15.5. The number of hydrogen-bond acceptors (Lipinski definition) is 5. The number of para-hydroxylation sites is 1. The highest BCUT2D eigenvalue weighted by Gasteiger charge is 2.43. The number of phenolic OH excluding ortho intramolecular Hbond substituents is 1. The molecular formula is C25H22FNO4S. The number of ether oxygens (including phenoxy) is 1. The Morgan fingerprint density at radius 2 is 1.81 bits per heavy atom. The molecule has 2 atom stereocenters. The second-order valence-corrected chi connectivity index (χ2v) is 8.66. The minimum atomic E-state index is -0.457. The van der Waals surface area contributed by atoms with E-state index in [9.17, 15) is 19.1 Å². The average molecular weight is 452 g/mol. The van der Waals surface area contributed by atoms with Crippen LogP contribution >= 0.6 is 11.8 Å². The van der Waals surface area contributed by atoms with Crippen molar-refractivity contribution in [3.63, 3.8) is 0 Å². The molecule has 0 bridgehead atoms. The molecule has 3 aromatic carbocycles. The number of halogens is 1. The fraction of sp³-hybridized carbons (Fsp3) is 0.200. The Hall–Kier alpha value is -3.32. The molecule has 0 aromatic heterocycles. The summed E-state index contributed by atoms with van der Waals surface area (Å²) in [4.78, 5) is 27.3. The van der Waals surface area contributed by atoms with Crippen LogP contribution in [-0.2, 0) is 0 Å². The summed E-state index contributed by atoms with van der Waals surface area (Å²) < 4.78 is 18.4. The Kier molecular flexibility index (Phi) is 6.46. The van der Waals surface area contributed by atoms with Crippen LogP contribution in [0.2, 0.25) is 0 Å². The van der Waals surface area contributed by atoms with Gasteiger partial charge in [0.25, 0.3) is 5.24 Å². The third kappa shape index (κ3) is 4.48. The molecule has 1 heterocycles. The molecule has 1 aliphatic heterocycles. The lowest BCUT2D eigenvalue weighted by Gasteiger charge is -2.28. The number of benzene rings is 3. The van der Waals surface area contributed by atoms with Crippen molar-refractivity contribution in [1.29, 1.82) is 0 Å². The number of rotatable bonds is 7. The van der Waals surface area contributed by atoms with E-state index in [0.717, 1.165) is 17.4 Å². The van der Waals surface area contributed by atoms with Crippen molar-refractivity contribution in [2.75, 3.05) is 12.0 Å². The van der Waals surface area contributed by atoms with E-state index in [2.05, 4.69) is 0 Å². The highest BCUT2D eigenvalue weighted by atomic mass is 32.2. The van der Waals surface area contributed by atoms with Crippen LogP contribution in [0.1, 0.15) is 34.8 Å². The van der Waals surface area contributed by atoms with Gasteiger partial charge in [0.15, 0.2) is 5.78 Å². The molecule has 32 heavy (non-hydrogen) atoms. The summed E-state index contributed by atoms with van der Waals surface area (Å²) in [5.74, 6) is 0.0268. The first-order valence-corrected chi connectivity index (χ1v) is 11.1. The Labute approximate surface area is 189 Å². The van der Waals surface area contributed by atoms with Crippen molar-refractivity contribution in [2.24, 2.45) is 0 Å². The predicted octanol–water partition coefficient (Wildman–Crippen LogP) is 5.99. The third-order valence-corrected chi connectivity index (χ3v) is 6.69. The van der Waals surface area contributed by atoms with Crippen LogP contribution in [0.25, 0.3) is 0 Å². The normalized spacial score (nSPS) is 18.1. The smallest absolute Gasteiger partial charge is 0.287 e. The lowest BCUT2D eigenvalue weighted by Crippen LogP contribution is -2.29. The monoisotopic (exact) mass is 451 g/mol. The number of anilines is 1. The number of carbonyl (C=O) groups is 2. The maximum atomic E-state index is 13.2. The van der Waals surface area contributed by atoms with Crippen molar-refractivity contribution in [3.8, 4) is 11.5 Å². The number of Topliss-reactive ketones (excluding diaryl/α,β-unsaturated/α-hetero) is 1. The van der Waals surface area contributed by atoms with E-state index in [1.807, 2.05) is 30.3 Å². The van der Waals surface area contributed by atoms with Crippen molar-refractivity contribution in [1.82, 2.24) is 0 Å². The van der Waals surface area contributed by atoms with E-state index in [-0.39, 0.29) is 28.4 Å². The quantitative estimate of drug-likeness (QED) is 0.447. The number of methoxy groups -OCH3 is 1. The Balaban J connectivity index is 1.63. The van der Waals surface area contributed by atoms with E-state index in [4.69, 9.17) is 4.74 Å². The van der Waals surface area contributed by atoms with E-state index in [1.54, 1.807) is 17.0 Å². The largest absolute Gasteiger partial charge is 0.507 e. The molecule has 1 aliphatic rings. The van der Waals surface area contributed by atoms with Gasteiger partial charge < -0.3 is 9.84 Å². The number of amides is 1. The molecule has 7 heteroatoms. The third-order valence-electron chi connectivity index (χ3n) is 5.49. The summed E-state index contributed by atoms with van der Waals surface area (Å²) >= 11 is 1.16. The lowest BCUT2D eigenvalue weighted by molar-refractivity contribution is 0.0979. The summed E-state index contributed by atoms with van der Waals surface area (Å²) in [5.41, 5.74) is 1.74. The molecule has 1 amide bonds. The fourth-order valence-corrected chi connectivity index (χ4v) is 5.12. The number of carbonyl (C=O) groups excluding carboxylic acids is 2. The minimum absolute atomic E-state index is 0.0282. The highest BCUT2D eigenvalue weighted by molar-refractivity contribution is 8.14. The van der Waals surface area contributed by atoms with Gasteiger partial charge in [-0.1, -0.05) is 30.0 Å². The van der Waals surface area contributed by atoms with Gasteiger partial charge >= 0.3 is 0 Å². The zero-order valence-corrected chi connectivity index (χ0v) is 18.2. The van der Waals surface area contributed by atoms with Crippen LogP contribution < -0.4 is 9.64 Å². The maximum absolute atomic E-state index is 13.2. The van der Waals surface area contributed by atoms with Gasteiger partial charge in [0.05, 0.1) is 13.2 Å². The van der Waals surface area contributed by atoms with Crippen LogP contribution in [0, 0.1) is 5.82 Å². The summed E-state index contributed by atoms with van der Waals surface area (Å²) in [6.07, 6.45) is 0.624. The number of ketones is 1. The predicted molar refractivity (Wildman–Crippen MR) is 123 cm³/mol. The van der Waals surface area contributed by atoms with E-state index >= 15 is 0 Å². The number of aromatic hydroxyl groups is 1. The van der Waals surface area contributed by atoms with Gasteiger partial charge in [-0.05, 0) is 55.0 Å². The number of nitrogens with zero attached hydrogens (tertiary/aromatic N) is 1. The van der Waals surface area contributed by atoms with E-state index < -0.39 is 11.9 Å². The standard InChI is InChI=1S/C25H22FNO4S/c1-31-19-11-12-20(22(29)15-19)24-23(14-13-21(28)16-7-9-17(26)10-8-16)32-25(30)27(24)18-5-3-2-4-6-18/h2-12,15,23-24,29H,13-14H2,1H3/t23-,24-/m1/s1. The fourth-order valence-electron chi connectivity index (χ4n) is 3.90. The van der Waals surface area contributed by atoms with Gasteiger partial charge in [-0.15, -0.1) is 0 Å². The molecule has 3 aromatic rings. The molecule has 1 N–H and O–H groups in total. The molecule has 0 radical (unpaired) electrons. The van der Waals surface area contributed by atoms with Crippen molar-refractivity contribution in [2.45, 2.75) is 24.1 Å². The summed E-state index contributed by atoms with van der Waals surface area (Å²) in [5, 5.41) is 10.3. The second-order valence-electron chi connectivity index (χ2n) is 7.47. The van der Waals surface area contributed by atoms with Crippen LogP contribution in [-0.4, -0.2) is 28.5 Å². The second kappa shape index (κ2) is 9.44. The van der Waals surface area contributed by atoms with Gasteiger partial charge in [0.2, 0.25) is 0 Å². The molecule has 0 aliphatic carbocycles. The number of thioether (sulfide) groups is 1. The van der Waals surface area contributed by atoms with Crippen LogP contribution in [0.3, 0.4) is 0 Å². The van der Waals surface area contributed by atoms with Crippen molar-refractivity contribution >= 4 is 28.5 Å². The Morgan fingerprint density at radius 3 is 2.47 bits per heavy atom. The SMILES string of the molecule is COc1ccc([C@@H]2[C@@H](CCC(=O)c3ccc(F)cc3)SC(=O)N2c2ccccc2)c(O)c1. The molecule has 164 valence electrons. The Morgan fingerprint density at radius 1 is 1.09 bits per heavy atom. The van der Waals surface area contributed by atoms with Gasteiger partial charge in [-0.25, -0.2) is 4.39 Å². The first kappa shape index (κ1) is 21.9. The van der Waals surface area contributed by atoms with Crippen LogP contribution in [0.15, 0.2) is 72.8 Å². The van der Waals surface area contributed by atoms with E-state index in [0.29, 0.717) is 23.3 Å². The van der Waals surface area contributed by atoms with E-state index in [1.165, 1.54) is 37.4 Å².